The number of aromatic nitrogens is 2. The summed E-state index contributed by atoms with van der Waals surface area (Å²) in [6, 6.07) is 7.81. The van der Waals surface area contributed by atoms with Crippen LogP contribution in [0.2, 0.25) is 0 Å². The van der Waals surface area contributed by atoms with Gasteiger partial charge in [-0.15, -0.1) is 0 Å². The highest BCUT2D eigenvalue weighted by Crippen LogP contribution is 2.23. The minimum absolute atomic E-state index is 0.00440. The molecule has 1 amide bonds. The summed E-state index contributed by atoms with van der Waals surface area (Å²) in [6.45, 7) is 5.34. The molecule has 1 aliphatic heterocycles. The molecule has 8 heteroatoms. The van der Waals surface area contributed by atoms with E-state index >= 15 is 0 Å². The highest BCUT2D eigenvalue weighted by atomic mass is 16.6. The van der Waals surface area contributed by atoms with E-state index in [1.54, 1.807) is 12.1 Å². The van der Waals surface area contributed by atoms with Crippen LogP contribution in [0.25, 0.3) is 0 Å². The number of rotatable bonds is 4. The summed E-state index contributed by atoms with van der Waals surface area (Å²) in [6.07, 6.45) is 1.43. The minimum Gasteiger partial charge on any atom is -0.341 e. The second kappa shape index (κ2) is 7.47. The fourth-order valence-electron chi connectivity index (χ4n) is 3.10. The van der Waals surface area contributed by atoms with Gasteiger partial charge in [0.15, 0.2) is 0 Å². The second-order valence-electron chi connectivity index (χ2n) is 6.51. The molecule has 1 fully saturated rings. The molecule has 0 atom stereocenters. The van der Waals surface area contributed by atoms with E-state index in [2.05, 4.69) is 20.2 Å². The number of nitrogens with zero attached hydrogens (tertiary/aromatic N) is 4. The van der Waals surface area contributed by atoms with Crippen LogP contribution in [0.5, 0.6) is 0 Å². The zero-order valence-electron chi connectivity index (χ0n) is 14.8. The number of nitro benzene ring substituents is 1. The van der Waals surface area contributed by atoms with Gasteiger partial charge < -0.3 is 10.2 Å². The number of carbonyl (C=O) groups is 1. The Morgan fingerprint density at radius 1 is 1.15 bits per heavy atom. The van der Waals surface area contributed by atoms with Gasteiger partial charge in [-0.05, 0) is 44.9 Å². The molecule has 1 aromatic heterocycles. The summed E-state index contributed by atoms with van der Waals surface area (Å²) < 4.78 is 0. The number of hydrogen-bond donors (Lipinski definition) is 1. The Labute approximate surface area is 151 Å². The van der Waals surface area contributed by atoms with Crippen LogP contribution in [-0.2, 0) is 4.79 Å². The molecule has 3 rings (SSSR count). The summed E-state index contributed by atoms with van der Waals surface area (Å²) in [5, 5.41) is 13.5. The Balaban J connectivity index is 1.57. The summed E-state index contributed by atoms with van der Waals surface area (Å²) in [5.74, 6) is 0.573. The maximum absolute atomic E-state index is 12.4. The maximum Gasteiger partial charge on any atom is 0.269 e. The van der Waals surface area contributed by atoms with Crippen LogP contribution < -0.4 is 10.2 Å². The van der Waals surface area contributed by atoms with Gasteiger partial charge in [-0.2, -0.15) is 0 Å². The van der Waals surface area contributed by atoms with Crippen LogP contribution in [0.15, 0.2) is 30.3 Å². The van der Waals surface area contributed by atoms with Gasteiger partial charge in [0.2, 0.25) is 11.9 Å². The summed E-state index contributed by atoms with van der Waals surface area (Å²) in [5.41, 5.74) is 2.45. The van der Waals surface area contributed by atoms with Crippen molar-refractivity contribution in [2.75, 3.05) is 23.3 Å². The van der Waals surface area contributed by atoms with Gasteiger partial charge in [0.1, 0.15) is 0 Å². The second-order valence-corrected chi connectivity index (χ2v) is 6.51. The van der Waals surface area contributed by atoms with Crippen molar-refractivity contribution in [2.24, 2.45) is 5.92 Å². The van der Waals surface area contributed by atoms with Crippen molar-refractivity contribution in [3.8, 4) is 0 Å². The van der Waals surface area contributed by atoms with E-state index in [0.717, 1.165) is 43.3 Å². The van der Waals surface area contributed by atoms with Crippen LogP contribution in [-0.4, -0.2) is 33.9 Å². The number of non-ortho nitro benzene ring substituents is 1. The standard InChI is InChI=1S/C18H21N5O3/c1-12-11-13(2)20-18(19-12)22-9-7-14(8-10-22)17(24)21-15-3-5-16(6-4-15)23(25)26/h3-6,11,14H,7-10H2,1-2H3,(H,21,24). The highest BCUT2D eigenvalue weighted by Gasteiger charge is 2.26. The lowest BCUT2D eigenvalue weighted by molar-refractivity contribution is -0.384. The number of anilines is 2. The number of piperidine rings is 1. The van der Waals surface area contributed by atoms with Crippen LogP contribution in [0, 0.1) is 29.9 Å². The lowest BCUT2D eigenvalue weighted by Gasteiger charge is -2.31. The molecule has 0 saturated carbocycles. The van der Waals surface area contributed by atoms with Gasteiger partial charge in [0, 0.05) is 48.2 Å². The Bertz CT molecular complexity index is 794. The molecule has 8 nitrogen and oxygen atoms in total. The molecule has 2 heterocycles. The number of hydrogen-bond acceptors (Lipinski definition) is 6. The smallest absolute Gasteiger partial charge is 0.269 e. The minimum atomic E-state index is -0.462. The Hall–Kier alpha value is -3.03. The molecule has 26 heavy (non-hydrogen) atoms. The van der Waals surface area contributed by atoms with E-state index in [4.69, 9.17) is 0 Å². The highest BCUT2D eigenvalue weighted by molar-refractivity contribution is 5.92. The Kier molecular flexibility index (Phi) is 5.11. The maximum atomic E-state index is 12.4. The van der Waals surface area contributed by atoms with Crippen molar-refractivity contribution >= 4 is 23.2 Å². The van der Waals surface area contributed by atoms with Crippen molar-refractivity contribution in [1.29, 1.82) is 0 Å². The number of benzene rings is 1. The van der Waals surface area contributed by atoms with Crippen molar-refractivity contribution < 1.29 is 9.72 Å². The number of amides is 1. The summed E-state index contributed by atoms with van der Waals surface area (Å²) >= 11 is 0. The number of carbonyl (C=O) groups excluding carboxylic acids is 1. The molecular formula is C18H21N5O3. The summed E-state index contributed by atoms with van der Waals surface area (Å²) in [7, 11) is 0. The van der Waals surface area contributed by atoms with E-state index < -0.39 is 4.92 Å². The molecule has 0 radical (unpaired) electrons. The zero-order chi connectivity index (χ0) is 18.7. The van der Waals surface area contributed by atoms with Crippen LogP contribution in [0.3, 0.4) is 0 Å². The average Bonchev–Trinajstić information content (AvgIpc) is 2.61. The van der Waals surface area contributed by atoms with Crippen molar-refractivity contribution in [3.63, 3.8) is 0 Å². The molecule has 0 bridgehead atoms. The molecule has 1 aliphatic rings. The lowest BCUT2D eigenvalue weighted by Crippen LogP contribution is -2.39. The quantitative estimate of drug-likeness (QED) is 0.668. The van der Waals surface area contributed by atoms with Crippen LogP contribution in [0.1, 0.15) is 24.2 Å². The number of nitrogens with one attached hydrogen (secondary N) is 1. The Morgan fingerprint density at radius 3 is 2.27 bits per heavy atom. The van der Waals surface area contributed by atoms with Crippen molar-refractivity contribution in [1.82, 2.24) is 9.97 Å². The number of aryl methyl sites for hydroxylation is 2. The van der Waals surface area contributed by atoms with Gasteiger partial charge in [-0.1, -0.05) is 0 Å². The predicted molar refractivity (Wildman–Crippen MR) is 98.2 cm³/mol. The first-order chi connectivity index (χ1) is 12.4. The normalized spacial score (nSPS) is 14.9. The van der Waals surface area contributed by atoms with Gasteiger partial charge in [-0.25, -0.2) is 9.97 Å². The van der Waals surface area contributed by atoms with Gasteiger partial charge in [0.25, 0.3) is 5.69 Å². The third-order valence-electron chi connectivity index (χ3n) is 4.46. The molecular weight excluding hydrogens is 334 g/mol. The van der Waals surface area contributed by atoms with E-state index in [0.29, 0.717) is 5.69 Å². The van der Waals surface area contributed by atoms with E-state index in [-0.39, 0.29) is 17.5 Å². The third-order valence-corrected chi connectivity index (χ3v) is 4.46. The molecule has 136 valence electrons. The van der Waals surface area contributed by atoms with E-state index in [9.17, 15) is 14.9 Å². The van der Waals surface area contributed by atoms with Crippen LogP contribution >= 0.6 is 0 Å². The fraction of sp³-hybridized carbons (Fsp3) is 0.389. The summed E-state index contributed by atoms with van der Waals surface area (Å²) in [4.78, 5) is 33.7. The number of nitro groups is 1. The van der Waals surface area contributed by atoms with Gasteiger partial charge >= 0.3 is 0 Å². The molecule has 1 saturated heterocycles. The molecule has 1 N–H and O–H groups in total. The van der Waals surface area contributed by atoms with E-state index in [1.807, 2.05) is 19.9 Å². The molecule has 1 aromatic carbocycles. The Morgan fingerprint density at radius 2 is 1.73 bits per heavy atom. The van der Waals surface area contributed by atoms with Gasteiger partial charge in [-0.3, -0.25) is 14.9 Å². The average molecular weight is 355 g/mol. The monoisotopic (exact) mass is 355 g/mol. The molecule has 2 aromatic rings. The van der Waals surface area contributed by atoms with Crippen molar-refractivity contribution in [2.45, 2.75) is 26.7 Å². The van der Waals surface area contributed by atoms with Crippen molar-refractivity contribution in [3.05, 3.63) is 51.8 Å². The molecule has 0 unspecified atom stereocenters. The molecule has 0 aliphatic carbocycles. The largest absolute Gasteiger partial charge is 0.341 e. The fourth-order valence-corrected chi connectivity index (χ4v) is 3.10. The third kappa shape index (κ3) is 4.14. The van der Waals surface area contributed by atoms with Gasteiger partial charge in [0.05, 0.1) is 4.92 Å². The zero-order valence-corrected chi connectivity index (χ0v) is 14.8. The van der Waals surface area contributed by atoms with E-state index in [1.165, 1.54) is 12.1 Å². The lowest BCUT2D eigenvalue weighted by atomic mass is 9.96. The first-order valence-electron chi connectivity index (χ1n) is 8.55. The topological polar surface area (TPSA) is 101 Å². The predicted octanol–water partition coefficient (Wildman–Crippen LogP) is 2.86. The SMILES string of the molecule is Cc1cc(C)nc(N2CCC(C(=O)Nc3ccc([N+](=O)[O-])cc3)CC2)n1. The first kappa shape index (κ1) is 17.8. The molecule has 0 spiro atoms. The van der Waals surface area contributed by atoms with Crippen LogP contribution in [0.4, 0.5) is 17.3 Å². The first-order valence-corrected chi connectivity index (χ1v) is 8.55.